The van der Waals surface area contributed by atoms with Crippen molar-refractivity contribution in [3.63, 3.8) is 0 Å². The summed E-state index contributed by atoms with van der Waals surface area (Å²) in [4.78, 5) is 28.9. The van der Waals surface area contributed by atoms with Gasteiger partial charge in [-0.15, -0.1) is 0 Å². The molecular formula is C20H19ClN2O4S. The summed E-state index contributed by atoms with van der Waals surface area (Å²) in [5, 5.41) is 3.56. The van der Waals surface area contributed by atoms with E-state index in [9.17, 15) is 9.59 Å². The highest BCUT2D eigenvalue weighted by Crippen LogP contribution is 2.29. The lowest BCUT2D eigenvalue weighted by Crippen LogP contribution is -2.11. The number of hydrogen-bond acceptors (Lipinski definition) is 6. The van der Waals surface area contributed by atoms with E-state index in [1.54, 1.807) is 50.2 Å². The van der Waals surface area contributed by atoms with Gasteiger partial charge in [0.1, 0.15) is 5.75 Å². The Morgan fingerprint density at radius 3 is 2.61 bits per heavy atom. The molecule has 3 aromatic rings. The highest BCUT2D eigenvalue weighted by Gasteiger charge is 2.15. The van der Waals surface area contributed by atoms with Gasteiger partial charge in [0, 0.05) is 5.56 Å². The molecule has 1 aromatic heterocycles. The molecule has 146 valence electrons. The van der Waals surface area contributed by atoms with E-state index in [-0.39, 0.29) is 18.0 Å². The summed E-state index contributed by atoms with van der Waals surface area (Å²) in [5.41, 5.74) is 1.53. The molecule has 28 heavy (non-hydrogen) atoms. The maximum Gasteiger partial charge on any atom is 0.338 e. The fraction of sp³-hybridized carbons (Fsp3) is 0.250. The number of carbonyl (C=O) groups is 2. The molecule has 8 heteroatoms. The van der Waals surface area contributed by atoms with Crippen molar-refractivity contribution in [3.8, 4) is 5.75 Å². The largest absolute Gasteiger partial charge is 0.492 e. The van der Waals surface area contributed by atoms with Crippen molar-refractivity contribution in [2.45, 2.75) is 26.9 Å². The second-order valence-electron chi connectivity index (χ2n) is 6.19. The van der Waals surface area contributed by atoms with Crippen LogP contribution in [0.5, 0.6) is 5.75 Å². The van der Waals surface area contributed by atoms with Gasteiger partial charge < -0.3 is 9.47 Å². The molecule has 1 heterocycles. The summed E-state index contributed by atoms with van der Waals surface area (Å²) in [6, 6.07) is 9.94. The number of nitrogens with zero attached hydrogens (tertiary/aromatic N) is 1. The molecule has 0 radical (unpaired) electrons. The Kier molecular flexibility index (Phi) is 6.16. The normalized spacial score (nSPS) is 10.9. The zero-order chi connectivity index (χ0) is 20.3. The molecule has 0 aliphatic rings. The Morgan fingerprint density at radius 1 is 1.18 bits per heavy atom. The van der Waals surface area contributed by atoms with Crippen LogP contribution >= 0.6 is 22.9 Å². The van der Waals surface area contributed by atoms with E-state index in [0.717, 1.165) is 4.70 Å². The van der Waals surface area contributed by atoms with Crippen LogP contribution in [0.25, 0.3) is 10.2 Å². The van der Waals surface area contributed by atoms with Gasteiger partial charge in [-0.3, -0.25) is 10.1 Å². The number of ether oxygens (including phenoxy) is 2. The summed E-state index contributed by atoms with van der Waals surface area (Å²) < 4.78 is 11.4. The number of aromatic nitrogens is 1. The smallest absolute Gasteiger partial charge is 0.338 e. The number of carbonyl (C=O) groups excluding carboxylic acids is 2. The molecule has 2 aromatic carbocycles. The second kappa shape index (κ2) is 8.58. The lowest BCUT2D eigenvalue weighted by atomic mass is 10.2. The van der Waals surface area contributed by atoms with Crippen molar-refractivity contribution in [1.82, 2.24) is 4.98 Å². The minimum atomic E-state index is -0.389. The third kappa shape index (κ3) is 4.61. The van der Waals surface area contributed by atoms with Gasteiger partial charge >= 0.3 is 5.97 Å². The van der Waals surface area contributed by atoms with Crippen molar-refractivity contribution < 1.29 is 19.1 Å². The van der Waals surface area contributed by atoms with Crippen molar-refractivity contribution in [2.75, 3.05) is 11.9 Å². The molecule has 0 fully saturated rings. The number of benzene rings is 2. The van der Waals surface area contributed by atoms with E-state index >= 15 is 0 Å². The van der Waals surface area contributed by atoms with Crippen LogP contribution in [0.1, 0.15) is 41.5 Å². The molecule has 0 aliphatic heterocycles. The second-order valence-corrected chi connectivity index (χ2v) is 7.63. The van der Waals surface area contributed by atoms with E-state index < -0.39 is 0 Å². The Bertz CT molecular complexity index is 1030. The molecule has 0 spiro atoms. The van der Waals surface area contributed by atoms with Crippen LogP contribution in [-0.2, 0) is 4.74 Å². The first kappa shape index (κ1) is 20.1. The highest BCUT2D eigenvalue weighted by molar-refractivity contribution is 7.22. The first-order valence-corrected chi connectivity index (χ1v) is 9.92. The van der Waals surface area contributed by atoms with Gasteiger partial charge in [0.2, 0.25) is 0 Å². The minimum Gasteiger partial charge on any atom is -0.492 e. The summed E-state index contributed by atoms with van der Waals surface area (Å²) >= 11 is 7.42. The number of rotatable bonds is 6. The Labute approximate surface area is 171 Å². The van der Waals surface area contributed by atoms with Crippen molar-refractivity contribution >= 4 is 50.2 Å². The molecule has 6 nitrogen and oxygen atoms in total. The predicted octanol–water partition coefficient (Wildman–Crippen LogP) is 5.17. The highest BCUT2D eigenvalue weighted by atomic mass is 35.5. The van der Waals surface area contributed by atoms with Crippen LogP contribution in [-0.4, -0.2) is 29.6 Å². The Hall–Kier alpha value is -2.64. The first-order chi connectivity index (χ1) is 13.4. The summed E-state index contributed by atoms with van der Waals surface area (Å²) in [6.07, 6.45) is -0.194. The third-order valence-corrected chi connectivity index (χ3v) is 4.91. The van der Waals surface area contributed by atoms with Gasteiger partial charge in [-0.1, -0.05) is 22.9 Å². The van der Waals surface area contributed by atoms with Crippen molar-refractivity contribution in [2.24, 2.45) is 0 Å². The molecule has 3 rings (SSSR count). The molecule has 0 saturated heterocycles. The first-order valence-electron chi connectivity index (χ1n) is 8.72. The Balaban J connectivity index is 1.78. The number of hydrogen-bond donors (Lipinski definition) is 1. The van der Waals surface area contributed by atoms with Crippen LogP contribution in [0.2, 0.25) is 5.02 Å². The van der Waals surface area contributed by atoms with E-state index in [1.165, 1.54) is 11.3 Å². The zero-order valence-corrected chi connectivity index (χ0v) is 17.2. The molecule has 0 saturated carbocycles. The van der Waals surface area contributed by atoms with E-state index in [2.05, 4.69) is 10.3 Å². The van der Waals surface area contributed by atoms with Crippen LogP contribution in [0.3, 0.4) is 0 Å². The quantitative estimate of drug-likeness (QED) is 0.559. The summed E-state index contributed by atoms with van der Waals surface area (Å²) in [6.45, 7) is 5.94. The number of nitrogens with one attached hydrogen (secondary N) is 1. The number of esters is 1. The average molecular weight is 419 g/mol. The monoisotopic (exact) mass is 418 g/mol. The Morgan fingerprint density at radius 2 is 1.93 bits per heavy atom. The lowest BCUT2D eigenvalue weighted by molar-refractivity contribution is 0.0378. The number of fused-ring (bicyclic) bond motifs is 1. The van der Waals surface area contributed by atoms with Gasteiger partial charge in [0.05, 0.1) is 33.5 Å². The number of anilines is 1. The molecule has 0 bridgehead atoms. The van der Waals surface area contributed by atoms with Gasteiger partial charge in [-0.2, -0.15) is 0 Å². The number of amides is 1. The van der Waals surface area contributed by atoms with Crippen molar-refractivity contribution in [3.05, 3.63) is 52.5 Å². The SMILES string of the molecule is CCOc1ccc(C(=O)Nc2nc3ccc(C(=O)OC(C)C)cc3s2)cc1Cl. The maximum absolute atomic E-state index is 12.5. The van der Waals surface area contributed by atoms with E-state index in [4.69, 9.17) is 21.1 Å². The molecule has 0 atom stereocenters. The fourth-order valence-corrected chi connectivity index (χ4v) is 3.61. The third-order valence-electron chi connectivity index (χ3n) is 3.68. The molecule has 0 unspecified atom stereocenters. The molecular weight excluding hydrogens is 400 g/mol. The van der Waals surface area contributed by atoms with Gasteiger partial charge in [-0.25, -0.2) is 9.78 Å². The van der Waals surface area contributed by atoms with Gasteiger partial charge in [-0.05, 0) is 57.2 Å². The number of thiazole rings is 1. The lowest BCUT2D eigenvalue weighted by Gasteiger charge is -2.07. The molecule has 1 N–H and O–H groups in total. The van der Waals surface area contributed by atoms with Crippen LogP contribution in [0, 0.1) is 0 Å². The standard InChI is InChI=1S/C20H19ClN2O4S/c1-4-26-16-8-6-12(9-14(16)21)18(24)23-20-22-15-7-5-13(10-17(15)28-20)19(25)27-11(2)3/h5-11H,4H2,1-3H3,(H,22,23,24). The zero-order valence-electron chi connectivity index (χ0n) is 15.6. The minimum absolute atomic E-state index is 0.194. The van der Waals surface area contributed by atoms with Gasteiger partial charge in [0.25, 0.3) is 5.91 Å². The average Bonchev–Trinajstić information content (AvgIpc) is 3.04. The summed E-state index contributed by atoms with van der Waals surface area (Å²) in [5.74, 6) is -0.190. The van der Waals surface area contributed by atoms with Crippen molar-refractivity contribution in [1.29, 1.82) is 0 Å². The van der Waals surface area contributed by atoms with Crippen LogP contribution in [0.4, 0.5) is 5.13 Å². The topological polar surface area (TPSA) is 77.5 Å². The van der Waals surface area contributed by atoms with E-state index in [1.807, 2.05) is 6.92 Å². The van der Waals surface area contributed by atoms with Crippen LogP contribution in [0.15, 0.2) is 36.4 Å². The molecule has 1 amide bonds. The number of halogens is 1. The van der Waals surface area contributed by atoms with Crippen LogP contribution < -0.4 is 10.1 Å². The predicted molar refractivity (Wildman–Crippen MR) is 111 cm³/mol. The van der Waals surface area contributed by atoms with Gasteiger partial charge in [0.15, 0.2) is 5.13 Å². The maximum atomic E-state index is 12.5. The molecule has 0 aliphatic carbocycles. The van der Waals surface area contributed by atoms with E-state index in [0.29, 0.717) is 39.2 Å². The fourth-order valence-electron chi connectivity index (χ4n) is 2.47. The summed E-state index contributed by atoms with van der Waals surface area (Å²) in [7, 11) is 0.